The Morgan fingerprint density at radius 2 is 0.822 bits per heavy atom. The van der Waals surface area contributed by atoms with Crippen LogP contribution < -0.4 is 4.90 Å². The fourth-order valence-corrected chi connectivity index (χ4v) is 8.44. The maximum absolute atomic E-state index is 15.9. The molecule has 2 bridgehead atoms. The molecule has 218 valence electrons. The van der Waals surface area contributed by atoms with Crippen LogP contribution in [0.4, 0.5) is 5.69 Å². The summed E-state index contributed by atoms with van der Waals surface area (Å²) in [4.78, 5) is 47.0. The van der Waals surface area contributed by atoms with Crippen LogP contribution in [0.1, 0.15) is 22.3 Å². The lowest BCUT2D eigenvalue weighted by Crippen LogP contribution is -2.45. The van der Waals surface area contributed by atoms with E-state index in [-0.39, 0.29) is 5.78 Å². The molecule has 2 aliphatic carbocycles. The van der Waals surface area contributed by atoms with Gasteiger partial charge >= 0.3 is 0 Å². The molecule has 0 aromatic heterocycles. The largest absolute Gasteiger partial charge is 0.297 e. The number of nitrogens with zero attached hydrogens (tertiary/aromatic N) is 1. The number of Topliss-reactive ketones (excluding diaryl/α,β-unsaturated/α-hetero) is 1. The molecule has 5 aromatic carbocycles. The fraction of sp³-hybridized carbons (Fsp3) is 0.103. The van der Waals surface area contributed by atoms with E-state index in [9.17, 15) is 9.59 Å². The van der Waals surface area contributed by atoms with E-state index in [0.29, 0.717) is 26.9 Å². The number of anilines is 1. The molecule has 4 nitrogen and oxygen atoms in total. The topological polar surface area (TPSA) is 54.5 Å². The Labute approximate surface area is 270 Å². The van der Waals surface area contributed by atoms with Crippen molar-refractivity contribution in [2.75, 3.05) is 4.90 Å². The molecular weight excluding hydrogens is 601 g/mol. The molecule has 2 amide bonds. The summed E-state index contributed by atoms with van der Waals surface area (Å²) in [5.41, 5.74) is 1.85. The maximum atomic E-state index is 15.9. The monoisotopic (exact) mass is 625 g/mol. The third-order valence-corrected chi connectivity index (χ3v) is 10.2. The van der Waals surface area contributed by atoms with Gasteiger partial charge in [0.2, 0.25) is 11.8 Å². The standard InChI is InChI=1S/C39H25Cl2NO3/c40-28-20-16-26(17-21-28)38-31(24-10-4-1-5-11-24)32(25-12-6-2-7-13-25)39(37(38)45,27-18-22-29(41)23-19-27)34-33(38)35(43)42(36(34)44)30-14-8-3-9-15-30/h1-23,33-34H/t33-,34+,38-,39-/m0/s1. The van der Waals surface area contributed by atoms with Gasteiger partial charge in [0.05, 0.1) is 28.4 Å². The average molecular weight is 627 g/mol. The zero-order chi connectivity index (χ0) is 30.9. The predicted octanol–water partition coefficient (Wildman–Crippen LogP) is 8.18. The third-order valence-electron chi connectivity index (χ3n) is 9.73. The highest BCUT2D eigenvalue weighted by Crippen LogP contribution is 2.74. The number of fused-ring (bicyclic) bond motifs is 5. The predicted molar refractivity (Wildman–Crippen MR) is 177 cm³/mol. The molecular formula is C39H25Cl2NO3. The number of imide groups is 1. The minimum atomic E-state index is -1.49. The van der Waals surface area contributed by atoms with Crippen LogP contribution in [0.15, 0.2) is 140 Å². The normalized spacial score (nSPS) is 25.3. The van der Waals surface area contributed by atoms with E-state index in [1.54, 1.807) is 48.5 Å². The average Bonchev–Trinajstić information content (AvgIpc) is 3.58. The van der Waals surface area contributed by atoms with Gasteiger partial charge in [-0.15, -0.1) is 0 Å². The summed E-state index contributed by atoms with van der Waals surface area (Å²) in [5, 5.41) is 1.01. The van der Waals surface area contributed by atoms with Crippen molar-refractivity contribution in [3.63, 3.8) is 0 Å². The van der Waals surface area contributed by atoms with Gasteiger partial charge in [-0.3, -0.25) is 14.4 Å². The fourth-order valence-electron chi connectivity index (χ4n) is 8.19. The molecule has 6 heteroatoms. The van der Waals surface area contributed by atoms with Gasteiger partial charge in [0.1, 0.15) is 0 Å². The second kappa shape index (κ2) is 10.1. The molecule has 45 heavy (non-hydrogen) atoms. The van der Waals surface area contributed by atoms with Crippen LogP contribution in [0.25, 0.3) is 11.1 Å². The van der Waals surface area contributed by atoms with E-state index in [0.717, 1.165) is 22.3 Å². The van der Waals surface area contributed by atoms with E-state index in [1.165, 1.54) is 4.90 Å². The summed E-state index contributed by atoms with van der Waals surface area (Å²) in [6.07, 6.45) is 0. The Morgan fingerprint density at radius 3 is 1.20 bits per heavy atom. The molecule has 1 saturated carbocycles. The minimum Gasteiger partial charge on any atom is -0.297 e. The SMILES string of the molecule is O=C1[C@@H]2[C@H](C(=O)N1c1ccccc1)[C@@]1(c3ccc(Cl)cc3)C(=O)[C@@]2(c2ccc(Cl)cc2)C(c2ccccc2)=C1c1ccccc1. The highest BCUT2D eigenvalue weighted by molar-refractivity contribution is 6.39. The van der Waals surface area contributed by atoms with Gasteiger partial charge in [0.25, 0.3) is 0 Å². The van der Waals surface area contributed by atoms with Crippen LogP contribution >= 0.6 is 23.2 Å². The van der Waals surface area contributed by atoms with Gasteiger partial charge in [-0.25, -0.2) is 4.90 Å². The molecule has 2 fully saturated rings. The van der Waals surface area contributed by atoms with Gasteiger partial charge in [-0.1, -0.05) is 126 Å². The molecule has 0 unspecified atom stereocenters. The molecule has 1 saturated heterocycles. The molecule has 0 N–H and O–H groups in total. The quantitative estimate of drug-likeness (QED) is 0.185. The highest BCUT2D eigenvalue weighted by atomic mass is 35.5. The Hall–Kier alpha value is -4.77. The number of carbonyl (C=O) groups is 3. The van der Waals surface area contributed by atoms with E-state index in [4.69, 9.17) is 23.2 Å². The van der Waals surface area contributed by atoms with Crippen LogP contribution in [-0.4, -0.2) is 17.6 Å². The number of hydrogen-bond acceptors (Lipinski definition) is 3. The summed E-state index contributed by atoms with van der Waals surface area (Å²) in [6.45, 7) is 0. The number of benzene rings is 5. The minimum absolute atomic E-state index is 0.193. The second-order valence-corrected chi connectivity index (χ2v) is 12.6. The lowest BCUT2D eigenvalue weighted by Gasteiger charge is -2.39. The second-order valence-electron chi connectivity index (χ2n) is 11.7. The lowest BCUT2D eigenvalue weighted by atomic mass is 9.59. The van der Waals surface area contributed by atoms with Crippen molar-refractivity contribution in [1.29, 1.82) is 0 Å². The molecule has 1 heterocycles. The molecule has 1 aliphatic heterocycles. The van der Waals surface area contributed by atoms with E-state index < -0.39 is 34.5 Å². The number of halogens is 2. The number of rotatable bonds is 5. The van der Waals surface area contributed by atoms with E-state index in [1.807, 2.05) is 91.0 Å². The molecule has 0 spiro atoms. The van der Waals surface area contributed by atoms with Crippen molar-refractivity contribution in [2.45, 2.75) is 10.8 Å². The van der Waals surface area contributed by atoms with Crippen LogP contribution in [0.2, 0.25) is 10.0 Å². The third kappa shape index (κ3) is 3.58. The van der Waals surface area contributed by atoms with Gasteiger partial charge < -0.3 is 0 Å². The van der Waals surface area contributed by atoms with Gasteiger partial charge in [0.15, 0.2) is 5.78 Å². The Kier molecular flexibility index (Phi) is 6.25. The summed E-state index contributed by atoms with van der Waals surface area (Å²) >= 11 is 12.8. The maximum Gasteiger partial charge on any atom is 0.239 e. The molecule has 8 rings (SSSR count). The smallest absolute Gasteiger partial charge is 0.239 e. The van der Waals surface area contributed by atoms with Crippen LogP contribution in [-0.2, 0) is 25.2 Å². The van der Waals surface area contributed by atoms with Crippen molar-refractivity contribution in [3.8, 4) is 0 Å². The van der Waals surface area contributed by atoms with Crippen molar-refractivity contribution >= 4 is 57.6 Å². The zero-order valence-electron chi connectivity index (χ0n) is 23.9. The van der Waals surface area contributed by atoms with Gasteiger partial charge in [-0.2, -0.15) is 0 Å². The lowest BCUT2D eigenvalue weighted by molar-refractivity contribution is -0.130. The van der Waals surface area contributed by atoms with Crippen molar-refractivity contribution in [1.82, 2.24) is 0 Å². The number of ketones is 1. The highest BCUT2D eigenvalue weighted by Gasteiger charge is 2.82. The number of para-hydroxylation sites is 1. The first kappa shape index (κ1) is 27.8. The summed E-state index contributed by atoms with van der Waals surface area (Å²) in [6, 6.07) is 42.7. The Bertz CT molecular complexity index is 1900. The van der Waals surface area contributed by atoms with Crippen molar-refractivity contribution < 1.29 is 14.4 Å². The van der Waals surface area contributed by atoms with Crippen LogP contribution in [0.3, 0.4) is 0 Å². The van der Waals surface area contributed by atoms with E-state index in [2.05, 4.69) is 0 Å². The first-order chi connectivity index (χ1) is 21.9. The number of carbonyl (C=O) groups excluding carboxylic acids is 3. The van der Waals surface area contributed by atoms with Crippen molar-refractivity contribution in [2.24, 2.45) is 11.8 Å². The number of allylic oxidation sites excluding steroid dienone is 2. The molecule has 3 aliphatic rings. The zero-order valence-corrected chi connectivity index (χ0v) is 25.4. The molecule has 4 atom stereocenters. The number of amides is 2. The molecule has 5 aromatic rings. The van der Waals surface area contributed by atoms with Crippen LogP contribution in [0.5, 0.6) is 0 Å². The van der Waals surface area contributed by atoms with Gasteiger partial charge in [-0.05, 0) is 69.8 Å². The number of hydrogen-bond donors (Lipinski definition) is 0. The van der Waals surface area contributed by atoms with Gasteiger partial charge in [0, 0.05) is 10.0 Å². The first-order valence-corrected chi connectivity index (χ1v) is 15.5. The summed E-state index contributed by atoms with van der Waals surface area (Å²) < 4.78 is 0. The Balaban J connectivity index is 1.57. The van der Waals surface area contributed by atoms with Crippen molar-refractivity contribution in [3.05, 3.63) is 172 Å². The van der Waals surface area contributed by atoms with Crippen LogP contribution in [0, 0.1) is 11.8 Å². The molecule has 0 radical (unpaired) electrons. The van der Waals surface area contributed by atoms with E-state index >= 15 is 4.79 Å². The Morgan fingerprint density at radius 1 is 0.467 bits per heavy atom. The summed E-state index contributed by atoms with van der Waals surface area (Å²) in [5.74, 6) is -2.98. The first-order valence-electron chi connectivity index (χ1n) is 14.8. The summed E-state index contributed by atoms with van der Waals surface area (Å²) in [7, 11) is 0.